The van der Waals surface area contributed by atoms with Crippen LogP contribution in [0.2, 0.25) is 0 Å². The van der Waals surface area contributed by atoms with Crippen LogP contribution in [0.4, 0.5) is 5.82 Å². The van der Waals surface area contributed by atoms with Crippen LogP contribution in [0.25, 0.3) is 22.0 Å². The summed E-state index contributed by atoms with van der Waals surface area (Å²) in [5.74, 6) is 0.842. The number of carbonyl (C=O) groups excluding carboxylic acids is 2. The van der Waals surface area contributed by atoms with Gasteiger partial charge in [0.1, 0.15) is 5.75 Å². The summed E-state index contributed by atoms with van der Waals surface area (Å²) in [7, 11) is 1.64. The van der Waals surface area contributed by atoms with Crippen LogP contribution in [0.1, 0.15) is 38.5 Å². The number of hydrogen-bond acceptors (Lipinski definition) is 5. The average Bonchev–Trinajstić information content (AvgIpc) is 3.17. The molecule has 0 aliphatic heterocycles. The van der Waals surface area contributed by atoms with E-state index in [0.717, 1.165) is 47.0 Å². The molecule has 0 radical (unpaired) electrons. The van der Waals surface area contributed by atoms with E-state index in [-0.39, 0.29) is 11.8 Å². The van der Waals surface area contributed by atoms with E-state index in [4.69, 9.17) is 9.94 Å². The molecule has 30 heavy (non-hydrogen) atoms. The van der Waals surface area contributed by atoms with Crippen molar-refractivity contribution < 1.29 is 19.5 Å². The van der Waals surface area contributed by atoms with Crippen molar-refractivity contribution in [3.05, 3.63) is 42.5 Å². The zero-order valence-corrected chi connectivity index (χ0v) is 16.9. The lowest BCUT2D eigenvalue weighted by Crippen LogP contribution is -2.17. The Morgan fingerprint density at radius 1 is 1.00 bits per heavy atom. The van der Waals surface area contributed by atoms with E-state index in [0.29, 0.717) is 25.1 Å². The minimum Gasteiger partial charge on any atom is -0.497 e. The molecular weight excluding hydrogens is 384 g/mol. The molecule has 3 rings (SSSR count). The second-order valence-corrected chi connectivity index (χ2v) is 7.06. The molecule has 2 amide bonds. The Morgan fingerprint density at radius 2 is 1.73 bits per heavy atom. The summed E-state index contributed by atoms with van der Waals surface area (Å²) >= 11 is 0. The highest BCUT2D eigenvalue weighted by Crippen LogP contribution is 2.29. The van der Waals surface area contributed by atoms with Gasteiger partial charge in [-0.2, -0.15) is 5.10 Å². The van der Waals surface area contributed by atoms with Crippen LogP contribution >= 0.6 is 0 Å². The molecule has 8 nitrogen and oxygen atoms in total. The van der Waals surface area contributed by atoms with Crippen LogP contribution in [-0.2, 0) is 9.59 Å². The maximum absolute atomic E-state index is 12.2. The summed E-state index contributed by atoms with van der Waals surface area (Å²) in [4.78, 5) is 23.2. The fourth-order valence-corrected chi connectivity index (χ4v) is 3.27. The number of nitrogens with one attached hydrogen (secondary N) is 3. The van der Waals surface area contributed by atoms with Gasteiger partial charge in [-0.15, -0.1) is 0 Å². The minimum atomic E-state index is -0.382. The minimum absolute atomic E-state index is 0.0895. The number of H-pyrrole nitrogens is 1. The molecule has 1 heterocycles. The summed E-state index contributed by atoms with van der Waals surface area (Å²) in [6, 6.07) is 13.8. The van der Waals surface area contributed by atoms with Crippen LogP contribution in [0.5, 0.6) is 5.75 Å². The number of nitrogens with zero attached hydrogens (tertiary/aromatic N) is 1. The molecule has 0 atom stereocenters. The third kappa shape index (κ3) is 5.57. The zero-order valence-electron chi connectivity index (χ0n) is 16.9. The van der Waals surface area contributed by atoms with Crippen LogP contribution in [0, 0.1) is 0 Å². The molecule has 0 aliphatic carbocycles. The quantitative estimate of drug-likeness (QED) is 0.229. The number of rotatable bonds is 10. The monoisotopic (exact) mass is 410 g/mol. The van der Waals surface area contributed by atoms with E-state index in [1.807, 2.05) is 42.5 Å². The molecule has 3 aromatic rings. The SMILES string of the molecule is COc1cccc(-c2ccc3c(NC(=O)CCCCCCC(=O)NO)n[nH]c3c2)c1. The van der Waals surface area contributed by atoms with E-state index in [1.165, 1.54) is 0 Å². The molecular formula is C22H26N4O4. The molecule has 0 saturated heterocycles. The normalized spacial score (nSPS) is 10.7. The van der Waals surface area contributed by atoms with Gasteiger partial charge in [0.05, 0.1) is 12.6 Å². The lowest BCUT2D eigenvalue weighted by molar-refractivity contribution is -0.129. The number of hydroxylamine groups is 1. The lowest BCUT2D eigenvalue weighted by atomic mass is 10.0. The van der Waals surface area contributed by atoms with Gasteiger partial charge in [0.25, 0.3) is 0 Å². The van der Waals surface area contributed by atoms with E-state index < -0.39 is 0 Å². The van der Waals surface area contributed by atoms with Crippen molar-refractivity contribution in [2.24, 2.45) is 0 Å². The number of amides is 2. The molecule has 0 saturated carbocycles. The van der Waals surface area contributed by atoms with Crippen LogP contribution < -0.4 is 15.5 Å². The number of ether oxygens (including phenoxy) is 1. The largest absolute Gasteiger partial charge is 0.497 e. The van der Waals surface area contributed by atoms with E-state index in [2.05, 4.69) is 15.5 Å². The van der Waals surface area contributed by atoms with Crippen LogP contribution in [0.3, 0.4) is 0 Å². The number of hydrogen-bond donors (Lipinski definition) is 4. The van der Waals surface area contributed by atoms with Gasteiger partial charge in [-0.1, -0.05) is 31.0 Å². The van der Waals surface area contributed by atoms with E-state index in [1.54, 1.807) is 12.6 Å². The first-order chi connectivity index (χ1) is 14.6. The van der Waals surface area contributed by atoms with Crippen molar-refractivity contribution >= 4 is 28.5 Å². The zero-order chi connectivity index (χ0) is 21.3. The Bertz CT molecular complexity index is 1020. The van der Waals surface area contributed by atoms with Crippen molar-refractivity contribution in [1.82, 2.24) is 15.7 Å². The Kier molecular flexibility index (Phi) is 7.40. The topological polar surface area (TPSA) is 116 Å². The second kappa shape index (κ2) is 10.4. The number of unbranched alkanes of at least 4 members (excludes halogenated alkanes) is 3. The summed E-state index contributed by atoms with van der Waals surface area (Å²) in [6.07, 6.45) is 3.78. The maximum atomic E-state index is 12.2. The van der Waals surface area contributed by atoms with E-state index in [9.17, 15) is 9.59 Å². The van der Waals surface area contributed by atoms with Gasteiger partial charge in [-0.05, 0) is 48.2 Å². The summed E-state index contributed by atoms with van der Waals surface area (Å²) < 4.78 is 5.29. The number of methoxy groups -OCH3 is 1. The Labute approximate surface area is 174 Å². The first-order valence-electron chi connectivity index (χ1n) is 9.96. The number of fused-ring (bicyclic) bond motifs is 1. The van der Waals surface area contributed by atoms with Crippen molar-refractivity contribution in [3.8, 4) is 16.9 Å². The molecule has 0 spiro atoms. The highest BCUT2D eigenvalue weighted by molar-refractivity contribution is 6.00. The van der Waals surface area contributed by atoms with Gasteiger partial charge in [0.15, 0.2) is 5.82 Å². The molecule has 1 aromatic heterocycles. The van der Waals surface area contributed by atoms with E-state index >= 15 is 0 Å². The van der Waals surface area contributed by atoms with Gasteiger partial charge in [-0.3, -0.25) is 19.9 Å². The fraction of sp³-hybridized carbons (Fsp3) is 0.318. The predicted octanol–water partition coefficient (Wildman–Crippen LogP) is 4.02. The smallest absolute Gasteiger partial charge is 0.243 e. The Balaban J connectivity index is 1.54. The predicted molar refractivity (Wildman–Crippen MR) is 114 cm³/mol. The Morgan fingerprint density at radius 3 is 2.47 bits per heavy atom. The van der Waals surface area contributed by atoms with Crippen LogP contribution in [-0.4, -0.2) is 34.3 Å². The number of aromatic nitrogens is 2. The fourth-order valence-electron chi connectivity index (χ4n) is 3.27. The van der Waals surface area contributed by atoms with Gasteiger partial charge in [0, 0.05) is 18.2 Å². The molecule has 0 fully saturated rings. The second-order valence-electron chi connectivity index (χ2n) is 7.06. The molecule has 0 bridgehead atoms. The summed E-state index contributed by atoms with van der Waals surface area (Å²) in [5, 5.41) is 19.4. The highest BCUT2D eigenvalue weighted by atomic mass is 16.5. The third-order valence-corrected chi connectivity index (χ3v) is 4.91. The highest BCUT2D eigenvalue weighted by Gasteiger charge is 2.11. The first-order valence-corrected chi connectivity index (χ1v) is 9.96. The summed E-state index contributed by atoms with van der Waals surface area (Å²) in [6.45, 7) is 0. The van der Waals surface area contributed by atoms with Gasteiger partial charge < -0.3 is 10.1 Å². The van der Waals surface area contributed by atoms with Gasteiger partial charge in [-0.25, -0.2) is 5.48 Å². The van der Waals surface area contributed by atoms with Gasteiger partial charge in [0.2, 0.25) is 11.8 Å². The molecule has 2 aromatic carbocycles. The van der Waals surface area contributed by atoms with Crippen molar-refractivity contribution in [3.63, 3.8) is 0 Å². The molecule has 0 unspecified atom stereocenters. The lowest BCUT2D eigenvalue weighted by Gasteiger charge is -2.06. The summed E-state index contributed by atoms with van der Waals surface area (Å²) in [5.41, 5.74) is 4.51. The molecule has 158 valence electrons. The van der Waals surface area contributed by atoms with Gasteiger partial charge >= 0.3 is 0 Å². The maximum Gasteiger partial charge on any atom is 0.243 e. The van der Waals surface area contributed by atoms with Crippen LogP contribution in [0.15, 0.2) is 42.5 Å². The number of carbonyl (C=O) groups is 2. The Hall–Kier alpha value is -3.39. The number of benzene rings is 2. The molecule has 8 heteroatoms. The van der Waals surface area contributed by atoms with Crippen molar-refractivity contribution in [1.29, 1.82) is 0 Å². The number of anilines is 1. The first kappa shape index (κ1) is 21.3. The standard InChI is InChI=1S/C22H26N4O4/c1-30-17-8-6-7-15(13-17)16-11-12-18-19(14-16)24-25-22(18)23-20(27)9-4-2-3-5-10-21(28)26-29/h6-8,11-14,29H,2-5,9-10H2,1H3,(H,26,28)(H2,23,24,25,27). The third-order valence-electron chi connectivity index (χ3n) is 4.91. The van der Waals surface area contributed by atoms with Crippen molar-refractivity contribution in [2.75, 3.05) is 12.4 Å². The molecule has 0 aliphatic rings. The average molecular weight is 410 g/mol. The molecule has 4 N–H and O–H groups in total. The number of aromatic amines is 1. The van der Waals surface area contributed by atoms with Crippen molar-refractivity contribution in [2.45, 2.75) is 38.5 Å².